The van der Waals surface area contributed by atoms with Gasteiger partial charge in [0, 0.05) is 19.6 Å². The van der Waals surface area contributed by atoms with Gasteiger partial charge in [-0.2, -0.15) is 0 Å². The first-order chi connectivity index (χ1) is 18.0. The van der Waals surface area contributed by atoms with E-state index in [1.807, 2.05) is 44.2 Å². The van der Waals surface area contributed by atoms with E-state index in [4.69, 9.17) is 14.0 Å². The second-order valence-electron chi connectivity index (χ2n) is 10.1. The van der Waals surface area contributed by atoms with Crippen molar-refractivity contribution in [3.63, 3.8) is 0 Å². The van der Waals surface area contributed by atoms with Gasteiger partial charge in [-0.05, 0) is 31.7 Å². The topological polar surface area (TPSA) is 152 Å². The highest BCUT2D eigenvalue weighted by Gasteiger charge is 2.50. The number of methoxy groups -OCH3 is 1. The zero-order valence-corrected chi connectivity index (χ0v) is 22.4. The van der Waals surface area contributed by atoms with Gasteiger partial charge in [-0.25, -0.2) is 0 Å². The Balaban J connectivity index is 1.78. The molecule has 3 rings (SSSR count). The van der Waals surface area contributed by atoms with Crippen molar-refractivity contribution in [1.82, 2.24) is 21.1 Å². The lowest BCUT2D eigenvalue weighted by molar-refractivity contribution is -0.133. The number of hydrogen-bond acceptors (Lipinski definition) is 8. The predicted molar refractivity (Wildman–Crippen MR) is 137 cm³/mol. The van der Waals surface area contributed by atoms with Gasteiger partial charge in [0.1, 0.15) is 23.4 Å². The summed E-state index contributed by atoms with van der Waals surface area (Å²) in [7, 11) is 1.39. The van der Waals surface area contributed by atoms with Crippen molar-refractivity contribution in [2.24, 2.45) is 5.92 Å². The van der Waals surface area contributed by atoms with Crippen LogP contribution in [0.1, 0.15) is 49.0 Å². The molecule has 3 N–H and O–H groups in total. The molecule has 38 heavy (non-hydrogen) atoms. The number of carbonyl (C=O) groups is 4. The summed E-state index contributed by atoms with van der Waals surface area (Å²) in [6.45, 7) is 7.43. The SMILES string of the molecule is COC[C@H](NC(=O)c1cc(C)on1)C(=O)N[C@@H](Cc1ccccc1)C(=O)NC(CC(C)C)C(=O)[C@@]1(C)CO1. The Morgan fingerprint density at radius 3 is 2.21 bits per heavy atom. The van der Waals surface area contributed by atoms with E-state index >= 15 is 0 Å². The van der Waals surface area contributed by atoms with Crippen LogP contribution in [-0.2, 0) is 30.3 Å². The Morgan fingerprint density at radius 1 is 1.03 bits per heavy atom. The second kappa shape index (κ2) is 12.8. The molecular formula is C27H36N4O7. The van der Waals surface area contributed by atoms with Crippen molar-refractivity contribution < 1.29 is 33.2 Å². The maximum atomic E-state index is 13.5. The molecule has 4 atom stereocenters. The Morgan fingerprint density at radius 2 is 1.66 bits per heavy atom. The molecule has 1 saturated heterocycles. The molecule has 2 aromatic rings. The summed E-state index contributed by atoms with van der Waals surface area (Å²) in [5.74, 6) is -1.38. The van der Waals surface area contributed by atoms with Crippen molar-refractivity contribution in [1.29, 1.82) is 0 Å². The van der Waals surface area contributed by atoms with Crippen LogP contribution in [0.2, 0.25) is 0 Å². The zero-order valence-electron chi connectivity index (χ0n) is 22.4. The number of aromatic nitrogens is 1. The van der Waals surface area contributed by atoms with E-state index in [2.05, 4.69) is 21.1 Å². The average molecular weight is 529 g/mol. The molecule has 206 valence electrons. The lowest BCUT2D eigenvalue weighted by atomic mass is 9.93. The minimum absolute atomic E-state index is 0.0146. The molecule has 0 saturated carbocycles. The summed E-state index contributed by atoms with van der Waals surface area (Å²) in [5, 5.41) is 11.8. The lowest BCUT2D eigenvalue weighted by Crippen LogP contribution is -2.58. The molecule has 1 unspecified atom stereocenters. The minimum Gasteiger partial charge on any atom is -0.382 e. The molecule has 0 spiro atoms. The minimum atomic E-state index is -1.11. The van der Waals surface area contributed by atoms with Crippen molar-refractivity contribution in [3.8, 4) is 0 Å². The fraction of sp³-hybridized carbons (Fsp3) is 0.519. The fourth-order valence-corrected chi connectivity index (χ4v) is 3.98. The van der Waals surface area contributed by atoms with Crippen LogP contribution in [0.4, 0.5) is 0 Å². The summed E-state index contributed by atoms with van der Waals surface area (Å²) in [5.41, 5.74) is -0.0819. The van der Waals surface area contributed by atoms with Gasteiger partial charge in [-0.3, -0.25) is 19.2 Å². The maximum Gasteiger partial charge on any atom is 0.274 e. The van der Waals surface area contributed by atoms with E-state index in [-0.39, 0.29) is 30.4 Å². The number of ketones is 1. The number of rotatable bonds is 14. The van der Waals surface area contributed by atoms with E-state index in [9.17, 15) is 19.2 Å². The van der Waals surface area contributed by atoms with Crippen LogP contribution in [0.15, 0.2) is 40.9 Å². The molecule has 1 fully saturated rings. The van der Waals surface area contributed by atoms with Crippen molar-refractivity contribution in [2.75, 3.05) is 20.3 Å². The van der Waals surface area contributed by atoms with E-state index in [0.717, 1.165) is 5.56 Å². The molecule has 11 nitrogen and oxygen atoms in total. The number of nitrogens with zero attached hydrogens (tertiary/aromatic N) is 1. The maximum absolute atomic E-state index is 13.5. The van der Waals surface area contributed by atoms with E-state index in [1.54, 1.807) is 13.8 Å². The molecule has 1 aromatic heterocycles. The number of nitrogens with one attached hydrogen (secondary N) is 3. The van der Waals surface area contributed by atoms with E-state index in [1.165, 1.54) is 13.2 Å². The van der Waals surface area contributed by atoms with E-state index in [0.29, 0.717) is 18.8 Å². The van der Waals surface area contributed by atoms with Crippen LogP contribution in [0.5, 0.6) is 0 Å². The third-order valence-corrected chi connectivity index (χ3v) is 6.17. The van der Waals surface area contributed by atoms with Crippen molar-refractivity contribution >= 4 is 23.5 Å². The molecule has 2 heterocycles. The van der Waals surface area contributed by atoms with Crippen LogP contribution < -0.4 is 16.0 Å². The number of epoxide rings is 1. The molecule has 11 heteroatoms. The molecule has 1 aromatic carbocycles. The van der Waals surface area contributed by atoms with Crippen molar-refractivity contribution in [3.05, 3.63) is 53.4 Å². The van der Waals surface area contributed by atoms with E-state index < -0.39 is 41.4 Å². The summed E-state index contributed by atoms with van der Waals surface area (Å²) in [6.07, 6.45) is 0.597. The largest absolute Gasteiger partial charge is 0.382 e. The van der Waals surface area contributed by atoms with Gasteiger partial charge in [0.2, 0.25) is 11.8 Å². The highest BCUT2D eigenvalue weighted by Crippen LogP contribution is 2.29. The molecule has 0 aliphatic carbocycles. The van der Waals surface area contributed by atoms with Crippen LogP contribution in [0, 0.1) is 12.8 Å². The van der Waals surface area contributed by atoms with Gasteiger partial charge in [-0.15, -0.1) is 0 Å². The van der Waals surface area contributed by atoms with Gasteiger partial charge in [-0.1, -0.05) is 49.3 Å². The third kappa shape index (κ3) is 7.96. The van der Waals surface area contributed by atoms with Crippen LogP contribution in [-0.4, -0.2) is 72.7 Å². The second-order valence-corrected chi connectivity index (χ2v) is 10.1. The summed E-state index contributed by atoms with van der Waals surface area (Å²) in [4.78, 5) is 52.4. The first kappa shape index (κ1) is 29.0. The fourth-order valence-electron chi connectivity index (χ4n) is 3.98. The molecule has 1 aliphatic heterocycles. The lowest BCUT2D eigenvalue weighted by Gasteiger charge is -2.26. The average Bonchev–Trinajstić information content (AvgIpc) is 3.48. The van der Waals surface area contributed by atoms with Crippen LogP contribution >= 0.6 is 0 Å². The third-order valence-electron chi connectivity index (χ3n) is 6.17. The monoisotopic (exact) mass is 528 g/mol. The Bertz CT molecular complexity index is 1130. The zero-order chi connectivity index (χ0) is 27.9. The number of hydrogen-bond donors (Lipinski definition) is 3. The highest BCUT2D eigenvalue weighted by atomic mass is 16.6. The Kier molecular flexibility index (Phi) is 9.76. The summed E-state index contributed by atoms with van der Waals surface area (Å²) >= 11 is 0. The van der Waals surface area contributed by atoms with Crippen molar-refractivity contribution in [2.45, 2.75) is 64.3 Å². The Labute approximate surface area is 222 Å². The normalized spacial score (nSPS) is 18.8. The van der Waals surface area contributed by atoms with Gasteiger partial charge < -0.3 is 29.9 Å². The van der Waals surface area contributed by atoms with Crippen LogP contribution in [0.3, 0.4) is 0 Å². The number of aryl methyl sites for hydroxylation is 1. The molecule has 3 amide bonds. The Hall–Kier alpha value is -3.57. The number of ether oxygens (including phenoxy) is 2. The van der Waals surface area contributed by atoms with Gasteiger partial charge >= 0.3 is 0 Å². The first-order valence-corrected chi connectivity index (χ1v) is 12.6. The number of Topliss-reactive ketones (excluding diaryl/α,β-unsaturated/α-hetero) is 1. The van der Waals surface area contributed by atoms with Gasteiger partial charge in [0.05, 0.1) is 19.3 Å². The molecule has 0 bridgehead atoms. The van der Waals surface area contributed by atoms with Gasteiger partial charge in [0.15, 0.2) is 11.5 Å². The summed E-state index contributed by atoms with van der Waals surface area (Å²) < 4.78 is 15.4. The predicted octanol–water partition coefficient (Wildman–Crippen LogP) is 1.34. The highest BCUT2D eigenvalue weighted by molar-refractivity contribution is 5.99. The standard InChI is InChI=1S/C27H36N4O7/c1-16(2)11-19(23(32)27(4)15-37-27)28-24(33)20(13-18-9-7-6-8-10-18)29-26(35)22(14-36-5)30-25(34)21-12-17(3)38-31-21/h6-10,12,16,19-20,22H,11,13-15H2,1-5H3,(H,28,33)(H,29,35)(H,30,34)/t19?,20-,22-,27+/m0/s1. The smallest absolute Gasteiger partial charge is 0.274 e. The molecular weight excluding hydrogens is 492 g/mol. The first-order valence-electron chi connectivity index (χ1n) is 12.6. The summed E-state index contributed by atoms with van der Waals surface area (Å²) in [6, 6.07) is 7.72. The quantitative estimate of drug-likeness (QED) is 0.311. The van der Waals surface area contributed by atoms with Crippen LogP contribution in [0.25, 0.3) is 0 Å². The number of benzene rings is 1. The number of amides is 3. The molecule has 0 radical (unpaired) electrons. The number of carbonyl (C=O) groups excluding carboxylic acids is 4. The van der Waals surface area contributed by atoms with Gasteiger partial charge in [0.25, 0.3) is 5.91 Å². The molecule has 1 aliphatic rings.